The van der Waals surface area contributed by atoms with E-state index in [2.05, 4.69) is 20.2 Å². The summed E-state index contributed by atoms with van der Waals surface area (Å²) in [7, 11) is 0.337. The van der Waals surface area contributed by atoms with E-state index >= 15 is 0 Å². The van der Waals surface area contributed by atoms with Crippen LogP contribution in [0.4, 0.5) is 0 Å². The van der Waals surface area contributed by atoms with Crippen LogP contribution in [0.25, 0.3) is 0 Å². The maximum atomic E-state index is 12.3. The molecule has 2 rings (SSSR count). The fourth-order valence-corrected chi connectivity index (χ4v) is 3.94. The molecule has 0 radical (unpaired) electrons. The summed E-state index contributed by atoms with van der Waals surface area (Å²) in [5.74, 6) is 1.16. The van der Waals surface area contributed by atoms with Crippen LogP contribution in [0.1, 0.15) is 18.7 Å². The summed E-state index contributed by atoms with van der Waals surface area (Å²) in [6.07, 6.45) is 4.13. The molecule has 1 aromatic heterocycles. The van der Waals surface area contributed by atoms with Gasteiger partial charge in [0.2, 0.25) is 0 Å². The normalized spacial score (nSPS) is 20.8. The Bertz CT molecular complexity index is 542. The first kappa shape index (κ1) is 16.3. The standard InChI is InChI=1S/C12H24N6O2S/c1-13-8-11-4-3-7-18(9-11)21(19,20)15-6-5-12-16-14-10-17(12)2/h10-11,13,15H,3-9H2,1-2H3. The summed E-state index contributed by atoms with van der Waals surface area (Å²) < 4.78 is 30.6. The average Bonchev–Trinajstić information content (AvgIpc) is 2.85. The van der Waals surface area contributed by atoms with Gasteiger partial charge >= 0.3 is 0 Å². The van der Waals surface area contributed by atoms with Gasteiger partial charge in [0.05, 0.1) is 0 Å². The first-order chi connectivity index (χ1) is 10.0. The number of hydrogen-bond acceptors (Lipinski definition) is 5. The second-order valence-electron chi connectivity index (χ2n) is 5.43. The molecule has 1 aliphatic rings. The van der Waals surface area contributed by atoms with E-state index in [4.69, 9.17) is 0 Å². The van der Waals surface area contributed by atoms with Crippen molar-refractivity contribution in [2.24, 2.45) is 13.0 Å². The molecular formula is C12H24N6O2S. The van der Waals surface area contributed by atoms with Crippen molar-refractivity contribution < 1.29 is 8.42 Å². The van der Waals surface area contributed by atoms with E-state index in [-0.39, 0.29) is 0 Å². The Balaban J connectivity index is 1.85. The van der Waals surface area contributed by atoms with E-state index in [1.54, 1.807) is 15.2 Å². The molecule has 8 nitrogen and oxygen atoms in total. The van der Waals surface area contributed by atoms with Crippen molar-refractivity contribution >= 4 is 10.2 Å². The lowest BCUT2D eigenvalue weighted by molar-refractivity contribution is 0.261. The van der Waals surface area contributed by atoms with Crippen molar-refractivity contribution in [1.29, 1.82) is 0 Å². The maximum Gasteiger partial charge on any atom is 0.279 e. The van der Waals surface area contributed by atoms with E-state index in [0.717, 1.165) is 25.2 Å². The predicted molar refractivity (Wildman–Crippen MR) is 79.9 cm³/mol. The SMILES string of the molecule is CNCC1CCCN(S(=O)(=O)NCCc2nncn2C)C1. The molecule has 0 bridgehead atoms. The van der Waals surface area contributed by atoms with Gasteiger partial charge in [-0.2, -0.15) is 12.7 Å². The van der Waals surface area contributed by atoms with Gasteiger partial charge in [0.1, 0.15) is 12.2 Å². The molecule has 2 N–H and O–H groups in total. The Morgan fingerprint density at radius 2 is 2.29 bits per heavy atom. The fourth-order valence-electron chi connectivity index (χ4n) is 2.62. The first-order valence-electron chi connectivity index (χ1n) is 7.25. The summed E-state index contributed by atoms with van der Waals surface area (Å²) in [4.78, 5) is 0. The Morgan fingerprint density at radius 3 is 2.95 bits per heavy atom. The number of piperidine rings is 1. The summed E-state index contributed by atoms with van der Waals surface area (Å²) >= 11 is 0. The van der Waals surface area contributed by atoms with Gasteiger partial charge < -0.3 is 9.88 Å². The lowest BCUT2D eigenvalue weighted by Gasteiger charge is -2.31. The molecule has 1 saturated heterocycles. The van der Waals surface area contributed by atoms with Crippen molar-refractivity contribution in [1.82, 2.24) is 29.1 Å². The molecule has 0 aliphatic carbocycles. The lowest BCUT2D eigenvalue weighted by atomic mass is 10.00. The predicted octanol–water partition coefficient (Wildman–Crippen LogP) is -0.877. The smallest absolute Gasteiger partial charge is 0.279 e. The molecule has 1 atom stereocenters. The summed E-state index contributed by atoms with van der Waals surface area (Å²) in [5, 5.41) is 10.8. The molecule has 0 spiro atoms. The van der Waals surface area contributed by atoms with Gasteiger partial charge in [0, 0.05) is 33.1 Å². The van der Waals surface area contributed by atoms with Crippen LogP contribution in [-0.4, -0.2) is 60.7 Å². The topological polar surface area (TPSA) is 92.2 Å². The van der Waals surface area contributed by atoms with Gasteiger partial charge in [0.25, 0.3) is 10.2 Å². The zero-order valence-electron chi connectivity index (χ0n) is 12.6. The third-order valence-electron chi connectivity index (χ3n) is 3.75. The van der Waals surface area contributed by atoms with Crippen LogP contribution in [0, 0.1) is 5.92 Å². The lowest BCUT2D eigenvalue weighted by Crippen LogP contribution is -2.47. The molecule has 21 heavy (non-hydrogen) atoms. The second-order valence-corrected chi connectivity index (χ2v) is 7.19. The molecule has 9 heteroatoms. The fraction of sp³-hybridized carbons (Fsp3) is 0.833. The minimum atomic E-state index is -3.40. The number of rotatable bonds is 7. The van der Waals surface area contributed by atoms with E-state index in [1.807, 2.05) is 14.1 Å². The van der Waals surface area contributed by atoms with Crippen molar-refractivity contribution in [3.05, 3.63) is 12.2 Å². The Kier molecular flexibility index (Phi) is 5.68. The highest BCUT2D eigenvalue weighted by atomic mass is 32.2. The summed E-state index contributed by atoms with van der Waals surface area (Å²) in [6.45, 7) is 2.37. The summed E-state index contributed by atoms with van der Waals surface area (Å²) in [5.41, 5.74) is 0. The molecule has 1 aliphatic heterocycles. The van der Waals surface area contributed by atoms with Crippen molar-refractivity contribution in [3.8, 4) is 0 Å². The van der Waals surface area contributed by atoms with Crippen molar-refractivity contribution in [2.45, 2.75) is 19.3 Å². The van der Waals surface area contributed by atoms with Crippen molar-refractivity contribution in [2.75, 3.05) is 33.2 Å². The molecule has 0 amide bonds. The molecule has 1 aromatic rings. The molecule has 120 valence electrons. The third kappa shape index (κ3) is 4.47. The van der Waals surface area contributed by atoms with E-state index in [9.17, 15) is 8.42 Å². The third-order valence-corrected chi connectivity index (χ3v) is 5.33. The zero-order chi connectivity index (χ0) is 15.3. The number of aryl methyl sites for hydroxylation is 1. The highest BCUT2D eigenvalue weighted by molar-refractivity contribution is 7.87. The summed E-state index contributed by atoms with van der Waals surface area (Å²) in [6, 6.07) is 0. The highest BCUT2D eigenvalue weighted by Crippen LogP contribution is 2.17. The van der Waals surface area contributed by atoms with Gasteiger partial charge in [0.15, 0.2) is 0 Å². The van der Waals surface area contributed by atoms with Crippen molar-refractivity contribution in [3.63, 3.8) is 0 Å². The van der Waals surface area contributed by atoms with Crippen LogP contribution < -0.4 is 10.0 Å². The number of aromatic nitrogens is 3. The average molecular weight is 316 g/mol. The molecule has 2 heterocycles. The Hall–Kier alpha value is -1.03. The molecule has 0 aromatic carbocycles. The molecule has 0 saturated carbocycles. The minimum Gasteiger partial charge on any atom is -0.321 e. The van der Waals surface area contributed by atoms with Gasteiger partial charge in [-0.1, -0.05) is 0 Å². The Morgan fingerprint density at radius 1 is 1.48 bits per heavy atom. The monoisotopic (exact) mass is 316 g/mol. The van der Waals surface area contributed by atoms with E-state index in [0.29, 0.717) is 32.0 Å². The minimum absolute atomic E-state index is 0.335. The van der Waals surface area contributed by atoms with Crippen LogP contribution in [-0.2, 0) is 23.7 Å². The maximum absolute atomic E-state index is 12.3. The first-order valence-corrected chi connectivity index (χ1v) is 8.69. The number of nitrogens with zero attached hydrogens (tertiary/aromatic N) is 4. The van der Waals surface area contributed by atoms with Gasteiger partial charge in [-0.3, -0.25) is 0 Å². The van der Waals surface area contributed by atoms with Crippen LogP contribution in [0.2, 0.25) is 0 Å². The number of nitrogens with one attached hydrogen (secondary N) is 2. The largest absolute Gasteiger partial charge is 0.321 e. The Labute approximate surface area is 126 Å². The number of hydrogen-bond donors (Lipinski definition) is 2. The van der Waals surface area contributed by atoms with Crippen LogP contribution in [0.5, 0.6) is 0 Å². The highest BCUT2D eigenvalue weighted by Gasteiger charge is 2.28. The van der Waals surface area contributed by atoms with Crippen LogP contribution in [0.3, 0.4) is 0 Å². The molecular weight excluding hydrogens is 292 g/mol. The molecule has 1 unspecified atom stereocenters. The van der Waals surface area contributed by atoms with Crippen LogP contribution >= 0.6 is 0 Å². The quantitative estimate of drug-likeness (QED) is 0.682. The van der Waals surface area contributed by atoms with Gasteiger partial charge in [-0.15, -0.1) is 10.2 Å². The molecule has 1 fully saturated rings. The zero-order valence-corrected chi connectivity index (χ0v) is 13.4. The van der Waals surface area contributed by atoms with Gasteiger partial charge in [-0.05, 0) is 32.4 Å². The van der Waals surface area contributed by atoms with E-state index < -0.39 is 10.2 Å². The van der Waals surface area contributed by atoms with Crippen LogP contribution in [0.15, 0.2) is 6.33 Å². The van der Waals surface area contributed by atoms with E-state index in [1.165, 1.54) is 0 Å². The second kappa shape index (κ2) is 7.30. The van der Waals surface area contributed by atoms with Gasteiger partial charge in [-0.25, -0.2) is 4.72 Å².